The number of rotatable bonds is 3. The molecule has 2 aromatic heterocycles. The molecule has 34 heavy (non-hydrogen) atoms. The molecule has 0 saturated carbocycles. The molecule has 0 saturated heterocycles. The monoisotopic (exact) mass is 482 g/mol. The molecular formula is C23H23ClN6O4. The second-order valence-electron chi connectivity index (χ2n) is 5.66. The van der Waals surface area contributed by atoms with Gasteiger partial charge in [0.25, 0.3) is 0 Å². The van der Waals surface area contributed by atoms with E-state index in [-0.39, 0.29) is 13.4 Å². The van der Waals surface area contributed by atoms with Crippen molar-refractivity contribution in [2.45, 2.75) is 7.43 Å². The van der Waals surface area contributed by atoms with Crippen molar-refractivity contribution in [1.29, 1.82) is 0 Å². The number of carbonyl (C=O) groups is 2. The van der Waals surface area contributed by atoms with Gasteiger partial charge in [-0.25, -0.2) is 29.5 Å². The summed E-state index contributed by atoms with van der Waals surface area (Å²) < 4.78 is 9.53. The molecule has 0 atom stereocenters. The predicted molar refractivity (Wildman–Crippen MR) is 130 cm³/mol. The summed E-state index contributed by atoms with van der Waals surface area (Å²) in [6.45, 7) is 0. The quantitative estimate of drug-likeness (QED) is 0.376. The van der Waals surface area contributed by atoms with Gasteiger partial charge < -0.3 is 15.2 Å². The largest absolute Gasteiger partial charge is 0.419 e. The first kappa shape index (κ1) is 27.5. The van der Waals surface area contributed by atoms with E-state index >= 15 is 0 Å². The number of halogens is 1. The van der Waals surface area contributed by atoms with Gasteiger partial charge in [-0.1, -0.05) is 43.8 Å². The highest BCUT2D eigenvalue weighted by Gasteiger charge is 2.05. The molecule has 0 bridgehead atoms. The van der Waals surface area contributed by atoms with Gasteiger partial charge in [0.1, 0.15) is 11.5 Å². The molecule has 2 aromatic carbocycles. The van der Waals surface area contributed by atoms with Gasteiger partial charge in [-0.05, 0) is 36.4 Å². The smallest absolute Gasteiger partial charge is 0.415 e. The lowest BCUT2D eigenvalue weighted by Crippen LogP contribution is -2.18. The molecule has 0 fully saturated rings. The van der Waals surface area contributed by atoms with Crippen molar-refractivity contribution < 1.29 is 19.1 Å². The molecule has 0 radical (unpaired) electrons. The van der Waals surface area contributed by atoms with E-state index in [1.807, 2.05) is 12.1 Å². The molecule has 2 heterocycles. The summed E-state index contributed by atoms with van der Waals surface area (Å²) >= 11 is 4.95. The number of hydrogen-bond acceptors (Lipinski definition) is 9. The van der Waals surface area contributed by atoms with Crippen molar-refractivity contribution in [3.05, 3.63) is 97.6 Å². The van der Waals surface area contributed by atoms with Crippen molar-refractivity contribution in [2.24, 2.45) is 0 Å². The maximum absolute atomic E-state index is 11.4. The van der Waals surface area contributed by atoms with E-state index in [1.165, 1.54) is 12.4 Å². The number of amides is 1. The van der Waals surface area contributed by atoms with Crippen molar-refractivity contribution >= 4 is 35.0 Å². The topological polar surface area (TPSA) is 142 Å². The van der Waals surface area contributed by atoms with Gasteiger partial charge in [-0.15, -0.1) is 0 Å². The Morgan fingerprint density at radius 3 is 1.56 bits per heavy atom. The maximum Gasteiger partial charge on any atom is 0.419 e. The first-order chi connectivity index (χ1) is 16.0. The SMILES string of the molecule is C.Nc1ncccn1.O=C(Cl)Oc1ccccc1.O=C(Nc1ncccn1)Oc1ccccc1. The molecule has 0 unspecified atom stereocenters. The van der Waals surface area contributed by atoms with Gasteiger partial charge >= 0.3 is 11.5 Å². The fraction of sp³-hybridized carbons (Fsp3) is 0.0435. The van der Waals surface area contributed by atoms with Crippen LogP contribution in [0.4, 0.5) is 21.5 Å². The second kappa shape index (κ2) is 16.1. The summed E-state index contributed by atoms with van der Waals surface area (Å²) in [5.74, 6) is 1.46. The van der Waals surface area contributed by atoms with Crippen molar-refractivity contribution in [1.82, 2.24) is 19.9 Å². The third-order valence-electron chi connectivity index (χ3n) is 3.26. The van der Waals surface area contributed by atoms with Gasteiger partial charge in [0, 0.05) is 36.4 Å². The minimum Gasteiger partial charge on any atom is -0.415 e. The lowest BCUT2D eigenvalue weighted by atomic mass is 10.3. The molecule has 4 rings (SSSR count). The number of hydrogen-bond donors (Lipinski definition) is 2. The molecule has 1 amide bonds. The minimum atomic E-state index is -0.814. The number of nitrogens with one attached hydrogen (secondary N) is 1. The summed E-state index contributed by atoms with van der Waals surface area (Å²) in [6, 6.07) is 20.8. The van der Waals surface area contributed by atoms with Crippen LogP contribution in [0.25, 0.3) is 0 Å². The van der Waals surface area contributed by atoms with Crippen LogP contribution in [0.2, 0.25) is 0 Å². The molecule has 0 aliphatic carbocycles. The Labute approximate surface area is 201 Å². The molecule has 0 spiro atoms. The number of benzene rings is 2. The molecular weight excluding hydrogens is 460 g/mol. The first-order valence-electron chi connectivity index (χ1n) is 9.28. The van der Waals surface area contributed by atoms with E-state index in [9.17, 15) is 9.59 Å². The van der Waals surface area contributed by atoms with Crippen LogP contribution in [-0.4, -0.2) is 31.5 Å². The maximum atomic E-state index is 11.4. The van der Waals surface area contributed by atoms with Gasteiger partial charge in [0.2, 0.25) is 11.9 Å². The molecule has 11 heteroatoms. The first-order valence-corrected chi connectivity index (χ1v) is 9.66. The summed E-state index contributed by atoms with van der Waals surface area (Å²) in [5, 5.41) is 2.41. The van der Waals surface area contributed by atoms with Crippen LogP contribution in [0.5, 0.6) is 11.5 Å². The predicted octanol–water partition coefficient (Wildman–Crippen LogP) is 5.21. The highest BCUT2D eigenvalue weighted by atomic mass is 35.5. The van der Waals surface area contributed by atoms with E-state index in [1.54, 1.807) is 73.1 Å². The van der Waals surface area contributed by atoms with E-state index < -0.39 is 11.5 Å². The molecule has 0 aliphatic rings. The highest BCUT2D eigenvalue weighted by Crippen LogP contribution is 2.10. The average Bonchev–Trinajstić information content (AvgIpc) is 2.82. The third kappa shape index (κ3) is 12.3. The third-order valence-corrected chi connectivity index (χ3v) is 3.34. The van der Waals surface area contributed by atoms with E-state index in [0.717, 1.165) is 0 Å². The number of ether oxygens (including phenoxy) is 2. The fourth-order valence-electron chi connectivity index (χ4n) is 1.97. The Hall–Kier alpha value is -4.57. The lowest BCUT2D eigenvalue weighted by Gasteiger charge is -2.04. The van der Waals surface area contributed by atoms with Gasteiger partial charge in [-0.2, -0.15) is 0 Å². The minimum absolute atomic E-state index is 0. The summed E-state index contributed by atoms with van der Waals surface area (Å²) in [5.41, 5.74) is 4.32. The fourth-order valence-corrected chi connectivity index (χ4v) is 2.06. The summed E-state index contributed by atoms with van der Waals surface area (Å²) in [7, 11) is 0. The second-order valence-corrected chi connectivity index (χ2v) is 5.97. The average molecular weight is 483 g/mol. The van der Waals surface area contributed by atoms with E-state index in [0.29, 0.717) is 17.4 Å². The van der Waals surface area contributed by atoms with Gasteiger partial charge in [0.15, 0.2) is 0 Å². The normalized spacial score (nSPS) is 8.85. The number of para-hydroxylation sites is 2. The number of nitrogen functional groups attached to an aromatic ring is 1. The van der Waals surface area contributed by atoms with Crippen LogP contribution in [0.15, 0.2) is 97.6 Å². The van der Waals surface area contributed by atoms with E-state index in [2.05, 4.69) is 30.0 Å². The molecule has 3 N–H and O–H groups in total. The zero-order valence-corrected chi connectivity index (χ0v) is 17.9. The van der Waals surface area contributed by atoms with Crippen LogP contribution < -0.4 is 20.5 Å². The number of aromatic nitrogens is 4. The molecule has 0 aliphatic heterocycles. The number of nitrogens with zero attached hydrogens (tertiary/aromatic N) is 4. The molecule has 4 aromatic rings. The lowest BCUT2D eigenvalue weighted by molar-refractivity contribution is 0.215. The Kier molecular flexibility index (Phi) is 13.0. The Bertz CT molecular complexity index is 1050. The summed E-state index contributed by atoms with van der Waals surface area (Å²) in [6.07, 6.45) is 5.65. The van der Waals surface area contributed by atoms with Crippen LogP contribution in [0, 0.1) is 0 Å². The Morgan fingerprint density at radius 2 is 1.15 bits per heavy atom. The van der Waals surface area contributed by atoms with Crippen LogP contribution >= 0.6 is 11.6 Å². The Morgan fingerprint density at radius 1 is 0.706 bits per heavy atom. The highest BCUT2D eigenvalue weighted by molar-refractivity contribution is 6.61. The number of anilines is 2. The standard InChI is InChI=1S/C11H9N3O2.C7H5ClO2.C4H5N3.CH4/c15-11(14-10-12-7-4-8-13-10)16-9-5-2-1-3-6-9;8-7(9)10-6-4-2-1-3-5-6;5-4-6-2-1-3-7-4;/h1-8H,(H,12,13,14,15);1-5H;1-3H,(H2,5,6,7);1H4. The zero-order chi connectivity index (χ0) is 23.7. The van der Waals surface area contributed by atoms with Crippen molar-refractivity contribution in [3.8, 4) is 11.5 Å². The summed E-state index contributed by atoms with van der Waals surface area (Å²) in [4.78, 5) is 36.5. The van der Waals surface area contributed by atoms with Crippen molar-refractivity contribution in [3.63, 3.8) is 0 Å². The zero-order valence-electron chi connectivity index (χ0n) is 17.1. The van der Waals surface area contributed by atoms with Crippen LogP contribution in [-0.2, 0) is 0 Å². The van der Waals surface area contributed by atoms with Crippen LogP contribution in [0.3, 0.4) is 0 Å². The van der Waals surface area contributed by atoms with Crippen molar-refractivity contribution in [2.75, 3.05) is 11.1 Å². The Balaban J connectivity index is 0.000000275. The van der Waals surface area contributed by atoms with Gasteiger partial charge in [0.05, 0.1) is 0 Å². The van der Waals surface area contributed by atoms with Crippen LogP contribution in [0.1, 0.15) is 7.43 Å². The van der Waals surface area contributed by atoms with Gasteiger partial charge in [-0.3, -0.25) is 5.32 Å². The number of nitrogens with two attached hydrogens (primary N) is 1. The molecule has 176 valence electrons. The number of carbonyl (C=O) groups excluding carboxylic acids is 2. The molecule has 10 nitrogen and oxygen atoms in total. The van der Waals surface area contributed by atoms with E-state index in [4.69, 9.17) is 22.1 Å².